The van der Waals surface area contributed by atoms with E-state index in [4.69, 9.17) is 0 Å². The smallest absolute Gasteiger partial charge is 0.236 e. The van der Waals surface area contributed by atoms with Crippen LogP contribution in [0.2, 0.25) is 0 Å². The number of benzene rings is 2. The molecule has 0 aliphatic carbocycles. The normalized spacial score (nSPS) is 19.9. The summed E-state index contributed by atoms with van der Waals surface area (Å²) in [5, 5.41) is 0. The van der Waals surface area contributed by atoms with Gasteiger partial charge in [-0.05, 0) is 37.3 Å². The van der Waals surface area contributed by atoms with Crippen molar-refractivity contribution in [1.29, 1.82) is 0 Å². The minimum Gasteiger partial charge on any atom is -0.340 e. The summed E-state index contributed by atoms with van der Waals surface area (Å²) in [6.07, 6.45) is 3.91. The van der Waals surface area contributed by atoms with Crippen molar-refractivity contribution < 1.29 is 9.59 Å². The molecular formula is C27H35N3O2. The Morgan fingerprint density at radius 3 is 1.97 bits per heavy atom. The van der Waals surface area contributed by atoms with Crippen LogP contribution in [-0.4, -0.2) is 71.8 Å². The second-order valence-electron chi connectivity index (χ2n) is 9.17. The first kappa shape index (κ1) is 22.5. The molecule has 1 atom stereocenters. The Kier molecular flexibility index (Phi) is 7.59. The third kappa shape index (κ3) is 5.57. The van der Waals surface area contributed by atoms with Crippen molar-refractivity contribution in [2.75, 3.05) is 39.3 Å². The van der Waals surface area contributed by atoms with Gasteiger partial charge >= 0.3 is 0 Å². The van der Waals surface area contributed by atoms with E-state index in [-0.39, 0.29) is 17.7 Å². The summed E-state index contributed by atoms with van der Waals surface area (Å²) in [7, 11) is 0. The highest BCUT2D eigenvalue weighted by Gasteiger charge is 2.28. The van der Waals surface area contributed by atoms with E-state index >= 15 is 0 Å². The standard InChI is InChI=1S/C27H35N3O2/c1-22-10-8-9-15-30(22)27(32)21-28-16-18-29(19-17-28)26(31)20-25(23-11-4-2-5-12-23)24-13-6-3-7-14-24/h2-7,11-14,22,25H,8-10,15-21H2,1H3/t22-/m0/s1. The Balaban J connectivity index is 1.33. The van der Waals surface area contributed by atoms with Crippen LogP contribution in [0.25, 0.3) is 0 Å². The molecule has 2 aromatic rings. The van der Waals surface area contributed by atoms with Crippen LogP contribution < -0.4 is 0 Å². The molecule has 5 nitrogen and oxygen atoms in total. The van der Waals surface area contributed by atoms with Gasteiger partial charge in [-0.15, -0.1) is 0 Å². The van der Waals surface area contributed by atoms with E-state index < -0.39 is 0 Å². The van der Waals surface area contributed by atoms with E-state index in [2.05, 4.69) is 36.1 Å². The quantitative estimate of drug-likeness (QED) is 0.697. The zero-order chi connectivity index (χ0) is 22.3. The molecule has 2 aliphatic heterocycles. The molecule has 0 radical (unpaired) electrons. The predicted octanol–water partition coefficient (Wildman–Crippen LogP) is 3.75. The molecule has 0 bridgehead atoms. The Labute approximate surface area is 192 Å². The first-order valence-corrected chi connectivity index (χ1v) is 12.0. The van der Waals surface area contributed by atoms with Crippen LogP contribution in [0.15, 0.2) is 60.7 Å². The number of rotatable bonds is 6. The topological polar surface area (TPSA) is 43.9 Å². The number of likely N-dealkylation sites (tertiary alicyclic amines) is 1. The summed E-state index contributed by atoms with van der Waals surface area (Å²) in [6, 6.07) is 21.0. The molecule has 2 aliphatic rings. The molecule has 0 saturated carbocycles. The zero-order valence-electron chi connectivity index (χ0n) is 19.2. The summed E-state index contributed by atoms with van der Waals surface area (Å²) >= 11 is 0. The number of hydrogen-bond donors (Lipinski definition) is 0. The highest BCUT2D eigenvalue weighted by atomic mass is 16.2. The Morgan fingerprint density at radius 1 is 0.812 bits per heavy atom. The molecule has 2 aromatic carbocycles. The molecule has 4 rings (SSSR count). The average Bonchev–Trinajstić information content (AvgIpc) is 2.84. The number of carbonyl (C=O) groups is 2. The van der Waals surface area contributed by atoms with Crippen LogP contribution in [0.1, 0.15) is 49.7 Å². The third-order valence-corrected chi connectivity index (χ3v) is 6.99. The maximum atomic E-state index is 13.2. The Hall–Kier alpha value is -2.66. The van der Waals surface area contributed by atoms with Crippen molar-refractivity contribution in [2.45, 2.75) is 44.6 Å². The van der Waals surface area contributed by atoms with Crippen LogP contribution in [0.3, 0.4) is 0 Å². The van der Waals surface area contributed by atoms with E-state index in [1.807, 2.05) is 46.2 Å². The lowest BCUT2D eigenvalue weighted by Crippen LogP contribution is -2.53. The lowest BCUT2D eigenvalue weighted by molar-refractivity contribution is -0.137. The third-order valence-electron chi connectivity index (χ3n) is 6.99. The molecule has 0 aromatic heterocycles. The molecule has 5 heteroatoms. The van der Waals surface area contributed by atoms with Crippen LogP contribution in [0.5, 0.6) is 0 Å². The van der Waals surface area contributed by atoms with Crippen LogP contribution in [-0.2, 0) is 9.59 Å². The van der Waals surface area contributed by atoms with Crippen molar-refractivity contribution in [3.05, 3.63) is 71.8 Å². The molecule has 0 N–H and O–H groups in total. The molecule has 0 spiro atoms. The molecule has 2 saturated heterocycles. The van der Waals surface area contributed by atoms with Gasteiger partial charge in [-0.1, -0.05) is 60.7 Å². The minimum atomic E-state index is 0.0603. The fourth-order valence-corrected chi connectivity index (χ4v) is 5.01. The Bertz CT molecular complexity index is 839. The molecule has 2 fully saturated rings. The highest BCUT2D eigenvalue weighted by molar-refractivity contribution is 5.79. The Morgan fingerprint density at radius 2 is 1.41 bits per heavy atom. The second-order valence-corrected chi connectivity index (χ2v) is 9.17. The summed E-state index contributed by atoms with van der Waals surface area (Å²) in [4.78, 5) is 32.2. The van der Waals surface area contributed by atoms with Gasteiger partial charge in [-0.3, -0.25) is 14.5 Å². The van der Waals surface area contributed by atoms with Gasteiger partial charge in [0.1, 0.15) is 0 Å². The second kappa shape index (κ2) is 10.8. The first-order chi connectivity index (χ1) is 15.6. The van der Waals surface area contributed by atoms with Crippen molar-refractivity contribution in [3.63, 3.8) is 0 Å². The number of carbonyl (C=O) groups excluding carboxylic acids is 2. The zero-order valence-corrected chi connectivity index (χ0v) is 19.2. The number of hydrogen-bond acceptors (Lipinski definition) is 3. The van der Waals surface area contributed by atoms with Crippen molar-refractivity contribution in [1.82, 2.24) is 14.7 Å². The maximum Gasteiger partial charge on any atom is 0.236 e. The fourth-order valence-electron chi connectivity index (χ4n) is 5.01. The van der Waals surface area contributed by atoms with Gasteiger partial charge in [-0.2, -0.15) is 0 Å². The SMILES string of the molecule is C[C@H]1CCCCN1C(=O)CN1CCN(C(=O)CC(c2ccccc2)c2ccccc2)CC1. The van der Waals surface area contributed by atoms with E-state index in [1.165, 1.54) is 17.5 Å². The van der Waals surface area contributed by atoms with E-state index in [0.717, 1.165) is 32.5 Å². The van der Waals surface area contributed by atoms with Crippen LogP contribution in [0, 0.1) is 0 Å². The van der Waals surface area contributed by atoms with Gasteiger partial charge in [0, 0.05) is 51.1 Å². The molecule has 2 amide bonds. The summed E-state index contributed by atoms with van der Waals surface area (Å²) < 4.78 is 0. The van der Waals surface area contributed by atoms with Gasteiger partial charge in [0.25, 0.3) is 0 Å². The fraction of sp³-hybridized carbons (Fsp3) is 0.481. The van der Waals surface area contributed by atoms with Gasteiger partial charge in [-0.25, -0.2) is 0 Å². The van der Waals surface area contributed by atoms with Gasteiger partial charge in [0.05, 0.1) is 6.54 Å². The highest BCUT2D eigenvalue weighted by Crippen LogP contribution is 2.28. The van der Waals surface area contributed by atoms with Crippen molar-refractivity contribution in [2.24, 2.45) is 0 Å². The largest absolute Gasteiger partial charge is 0.340 e. The number of nitrogens with zero attached hydrogens (tertiary/aromatic N) is 3. The van der Waals surface area contributed by atoms with E-state index in [9.17, 15) is 9.59 Å². The summed E-state index contributed by atoms with van der Waals surface area (Å²) in [6.45, 7) is 6.43. The molecular weight excluding hydrogens is 398 g/mol. The van der Waals surface area contributed by atoms with Crippen molar-refractivity contribution in [3.8, 4) is 0 Å². The monoisotopic (exact) mass is 433 g/mol. The van der Waals surface area contributed by atoms with Crippen molar-refractivity contribution >= 4 is 11.8 Å². The molecule has 2 heterocycles. The predicted molar refractivity (Wildman–Crippen MR) is 127 cm³/mol. The van der Waals surface area contributed by atoms with E-state index in [1.54, 1.807) is 0 Å². The van der Waals surface area contributed by atoms with Crippen LogP contribution in [0.4, 0.5) is 0 Å². The van der Waals surface area contributed by atoms with Gasteiger partial charge in [0.2, 0.25) is 11.8 Å². The van der Waals surface area contributed by atoms with Gasteiger partial charge < -0.3 is 9.80 Å². The van der Waals surface area contributed by atoms with E-state index in [0.29, 0.717) is 32.1 Å². The first-order valence-electron chi connectivity index (χ1n) is 12.0. The molecule has 170 valence electrons. The summed E-state index contributed by atoms with van der Waals surface area (Å²) in [5.74, 6) is 0.494. The number of piperazine rings is 1. The minimum absolute atomic E-state index is 0.0603. The summed E-state index contributed by atoms with van der Waals surface area (Å²) in [5.41, 5.74) is 2.35. The average molecular weight is 434 g/mol. The molecule has 0 unspecified atom stereocenters. The van der Waals surface area contributed by atoms with Gasteiger partial charge in [0.15, 0.2) is 0 Å². The lowest BCUT2D eigenvalue weighted by atomic mass is 9.88. The number of piperidine rings is 1. The number of amides is 2. The van der Waals surface area contributed by atoms with Crippen LogP contribution >= 0.6 is 0 Å². The molecule has 32 heavy (non-hydrogen) atoms. The lowest BCUT2D eigenvalue weighted by Gasteiger charge is -2.38. The maximum absolute atomic E-state index is 13.2.